The Bertz CT molecular complexity index is 1150. The Morgan fingerprint density at radius 3 is 2.17 bits per heavy atom. The van der Waals surface area contributed by atoms with Gasteiger partial charge in [0.25, 0.3) is 0 Å². The molecule has 0 heterocycles. The van der Waals surface area contributed by atoms with E-state index in [1.54, 1.807) is 30.3 Å². The van der Waals surface area contributed by atoms with Crippen LogP contribution >= 0.6 is 11.8 Å². The first-order chi connectivity index (χ1) is 17.1. The Morgan fingerprint density at radius 2 is 1.53 bits per heavy atom. The van der Waals surface area contributed by atoms with Crippen LogP contribution in [0.4, 0.5) is 8.78 Å². The van der Waals surface area contributed by atoms with Gasteiger partial charge in [-0.05, 0) is 50.1 Å². The first-order valence-electron chi connectivity index (χ1n) is 11.8. The van der Waals surface area contributed by atoms with E-state index in [2.05, 4.69) is 5.32 Å². The van der Waals surface area contributed by atoms with Gasteiger partial charge in [0.1, 0.15) is 17.7 Å². The fraction of sp³-hybridized carbons (Fsp3) is 0.310. The van der Waals surface area contributed by atoms with Gasteiger partial charge in [0.2, 0.25) is 11.8 Å². The first-order valence-corrected chi connectivity index (χ1v) is 13.0. The molecule has 3 aromatic rings. The zero-order valence-electron chi connectivity index (χ0n) is 20.8. The first kappa shape index (κ1) is 27.4. The minimum absolute atomic E-state index is 0.0301. The second kappa shape index (κ2) is 12.7. The third-order valence-corrected chi connectivity index (χ3v) is 6.46. The lowest BCUT2D eigenvalue weighted by Gasteiger charge is -2.34. The summed E-state index contributed by atoms with van der Waals surface area (Å²) in [4.78, 5) is 28.5. The molecule has 0 aromatic heterocycles. The van der Waals surface area contributed by atoms with Gasteiger partial charge in [-0.3, -0.25) is 9.59 Å². The van der Waals surface area contributed by atoms with Crippen molar-refractivity contribution < 1.29 is 18.4 Å². The van der Waals surface area contributed by atoms with Crippen molar-refractivity contribution in [2.75, 3.05) is 5.75 Å². The van der Waals surface area contributed by atoms with Crippen molar-refractivity contribution in [2.24, 2.45) is 0 Å². The maximum absolute atomic E-state index is 14.6. The average molecular weight is 511 g/mol. The number of hydrogen-bond acceptors (Lipinski definition) is 3. The SMILES string of the molecule is CC(C)(C)NC(=O)[C@H](Cc1ccccc1)N(Cc1ccccc1F)C(=O)CSCc1ccc(F)cc1. The summed E-state index contributed by atoms with van der Waals surface area (Å²) >= 11 is 1.37. The van der Waals surface area contributed by atoms with Crippen LogP contribution < -0.4 is 5.32 Å². The molecule has 4 nitrogen and oxygen atoms in total. The maximum Gasteiger partial charge on any atom is 0.243 e. The van der Waals surface area contributed by atoms with Gasteiger partial charge < -0.3 is 10.2 Å². The van der Waals surface area contributed by atoms with Crippen LogP contribution in [0.15, 0.2) is 78.9 Å². The van der Waals surface area contributed by atoms with Crippen LogP contribution in [0.5, 0.6) is 0 Å². The number of amides is 2. The molecule has 0 radical (unpaired) electrons. The fourth-order valence-electron chi connectivity index (χ4n) is 3.74. The Hall–Kier alpha value is -3.19. The molecule has 3 aromatic carbocycles. The second-order valence-electron chi connectivity index (χ2n) is 9.68. The number of benzene rings is 3. The van der Waals surface area contributed by atoms with E-state index in [0.29, 0.717) is 17.7 Å². The summed E-state index contributed by atoms with van der Waals surface area (Å²) in [6.07, 6.45) is 0.297. The molecule has 7 heteroatoms. The van der Waals surface area contributed by atoms with E-state index >= 15 is 0 Å². The van der Waals surface area contributed by atoms with Gasteiger partial charge in [-0.15, -0.1) is 11.8 Å². The molecule has 1 atom stereocenters. The summed E-state index contributed by atoms with van der Waals surface area (Å²) in [6.45, 7) is 5.61. The molecule has 0 aliphatic carbocycles. The molecule has 3 rings (SSSR count). The molecule has 0 fully saturated rings. The number of carbonyl (C=O) groups excluding carboxylic acids is 2. The van der Waals surface area contributed by atoms with Crippen LogP contribution in [0.3, 0.4) is 0 Å². The molecule has 0 bridgehead atoms. The average Bonchev–Trinajstić information content (AvgIpc) is 2.83. The van der Waals surface area contributed by atoms with Crippen molar-refractivity contribution in [2.45, 2.75) is 51.1 Å². The molecule has 0 aliphatic rings. The molecular formula is C29H32F2N2O2S. The van der Waals surface area contributed by atoms with Crippen LogP contribution in [-0.4, -0.2) is 34.0 Å². The van der Waals surface area contributed by atoms with Crippen molar-refractivity contribution >= 4 is 23.6 Å². The highest BCUT2D eigenvalue weighted by molar-refractivity contribution is 7.99. The van der Waals surface area contributed by atoms with E-state index in [-0.39, 0.29) is 29.9 Å². The Kier molecular flexibility index (Phi) is 9.65. The lowest BCUT2D eigenvalue weighted by molar-refractivity contribution is -0.140. The maximum atomic E-state index is 14.6. The molecule has 1 N–H and O–H groups in total. The van der Waals surface area contributed by atoms with Crippen LogP contribution in [0.1, 0.15) is 37.5 Å². The Labute approximate surface area is 216 Å². The van der Waals surface area contributed by atoms with Crippen molar-refractivity contribution in [1.82, 2.24) is 10.2 Å². The summed E-state index contributed by atoms with van der Waals surface area (Å²) in [7, 11) is 0. The van der Waals surface area contributed by atoms with Crippen molar-refractivity contribution in [3.05, 3.63) is 107 Å². The van der Waals surface area contributed by atoms with Gasteiger partial charge in [0.05, 0.1) is 5.75 Å². The molecule has 190 valence electrons. The second-order valence-corrected chi connectivity index (χ2v) is 10.7. The number of carbonyl (C=O) groups is 2. The van der Waals surface area contributed by atoms with Crippen molar-refractivity contribution in [3.63, 3.8) is 0 Å². The van der Waals surface area contributed by atoms with Crippen LogP contribution in [0.25, 0.3) is 0 Å². The normalized spacial score (nSPS) is 12.1. The minimum atomic E-state index is -0.829. The molecular weight excluding hydrogens is 478 g/mol. The van der Waals surface area contributed by atoms with Crippen LogP contribution in [-0.2, 0) is 28.3 Å². The number of hydrogen-bond donors (Lipinski definition) is 1. The van der Waals surface area contributed by atoms with Gasteiger partial charge in [-0.2, -0.15) is 0 Å². The zero-order valence-corrected chi connectivity index (χ0v) is 21.7. The predicted molar refractivity (Wildman–Crippen MR) is 141 cm³/mol. The highest BCUT2D eigenvalue weighted by atomic mass is 32.2. The molecule has 0 saturated heterocycles. The molecule has 0 spiro atoms. The van der Waals surface area contributed by atoms with E-state index in [4.69, 9.17) is 0 Å². The smallest absolute Gasteiger partial charge is 0.243 e. The highest BCUT2D eigenvalue weighted by Crippen LogP contribution is 2.20. The summed E-state index contributed by atoms with van der Waals surface area (Å²) < 4.78 is 27.8. The van der Waals surface area contributed by atoms with Gasteiger partial charge in [0.15, 0.2) is 0 Å². The van der Waals surface area contributed by atoms with Crippen molar-refractivity contribution in [3.8, 4) is 0 Å². The number of rotatable bonds is 10. The number of halogens is 2. The summed E-state index contributed by atoms with van der Waals surface area (Å²) in [5.41, 5.74) is 1.63. The number of nitrogens with one attached hydrogen (secondary N) is 1. The van der Waals surface area contributed by atoms with Crippen LogP contribution in [0, 0.1) is 11.6 Å². The zero-order chi connectivity index (χ0) is 26.1. The molecule has 0 unspecified atom stereocenters. The minimum Gasteiger partial charge on any atom is -0.350 e. The van der Waals surface area contributed by atoms with Crippen LogP contribution in [0.2, 0.25) is 0 Å². The van der Waals surface area contributed by atoms with E-state index in [0.717, 1.165) is 11.1 Å². The van der Waals surface area contributed by atoms with E-state index in [1.807, 2.05) is 51.1 Å². The lowest BCUT2D eigenvalue weighted by atomic mass is 10.0. The Morgan fingerprint density at radius 1 is 0.889 bits per heavy atom. The molecule has 0 aliphatic heterocycles. The monoisotopic (exact) mass is 510 g/mol. The van der Waals surface area contributed by atoms with E-state index in [9.17, 15) is 18.4 Å². The third kappa shape index (κ3) is 8.48. The lowest BCUT2D eigenvalue weighted by Crippen LogP contribution is -2.54. The number of nitrogens with zero attached hydrogens (tertiary/aromatic N) is 1. The van der Waals surface area contributed by atoms with Crippen molar-refractivity contribution in [1.29, 1.82) is 0 Å². The summed E-state index contributed by atoms with van der Waals surface area (Å²) in [5.74, 6) is -0.694. The van der Waals surface area contributed by atoms with Gasteiger partial charge in [-0.25, -0.2) is 8.78 Å². The third-order valence-electron chi connectivity index (χ3n) is 5.48. The highest BCUT2D eigenvalue weighted by Gasteiger charge is 2.32. The molecule has 2 amide bonds. The molecule has 36 heavy (non-hydrogen) atoms. The summed E-state index contributed by atoms with van der Waals surface area (Å²) in [5, 5.41) is 2.99. The fourth-order valence-corrected chi connectivity index (χ4v) is 4.61. The van der Waals surface area contributed by atoms with Gasteiger partial charge in [-0.1, -0.05) is 60.7 Å². The van der Waals surface area contributed by atoms with Gasteiger partial charge >= 0.3 is 0 Å². The standard InChI is InChI=1S/C29H32F2N2O2S/c1-29(2,3)32-28(35)26(17-21-9-5-4-6-10-21)33(18-23-11-7-8-12-25(23)31)27(34)20-36-19-22-13-15-24(30)16-14-22/h4-16,26H,17-20H2,1-3H3,(H,32,35)/t26-/m0/s1. The number of thioether (sulfide) groups is 1. The summed E-state index contributed by atoms with van der Waals surface area (Å²) in [6, 6.07) is 21.1. The topological polar surface area (TPSA) is 49.4 Å². The quantitative estimate of drug-likeness (QED) is 0.378. The largest absolute Gasteiger partial charge is 0.350 e. The Balaban J connectivity index is 1.87. The molecule has 0 saturated carbocycles. The predicted octanol–water partition coefficient (Wildman–Crippen LogP) is 5.75. The van der Waals surface area contributed by atoms with E-state index in [1.165, 1.54) is 34.9 Å². The van der Waals surface area contributed by atoms with Gasteiger partial charge in [0, 0.05) is 29.8 Å². The van der Waals surface area contributed by atoms with E-state index < -0.39 is 17.4 Å².